The molecule has 0 saturated carbocycles. The lowest BCUT2D eigenvalue weighted by molar-refractivity contribution is -0.665. The van der Waals surface area contributed by atoms with Crippen molar-refractivity contribution in [2.75, 3.05) is 19.7 Å². The van der Waals surface area contributed by atoms with E-state index in [1.54, 1.807) is 0 Å². The van der Waals surface area contributed by atoms with Crippen LogP contribution in [0.1, 0.15) is 62.7 Å². The number of halogens is 3. The van der Waals surface area contributed by atoms with E-state index in [1.807, 2.05) is 26.0 Å². The molecule has 0 spiro atoms. The Morgan fingerprint density at radius 2 is 1.79 bits per heavy atom. The third kappa shape index (κ3) is 8.40. The first-order valence-corrected chi connectivity index (χ1v) is 13.3. The monoisotopic (exact) mass is 740 g/mol. The summed E-state index contributed by atoms with van der Waals surface area (Å²) in [5, 5.41) is 2.32. The summed E-state index contributed by atoms with van der Waals surface area (Å²) < 4.78 is 14.2. The van der Waals surface area contributed by atoms with E-state index in [4.69, 9.17) is 9.47 Å². The largest absolute Gasteiger partial charge is 0.462 e. The topological polar surface area (TPSA) is 69.2 Å². The number of piperidine rings is 1. The van der Waals surface area contributed by atoms with Crippen LogP contribution >= 0.6 is 67.8 Å². The first-order valence-electron chi connectivity index (χ1n) is 10.1. The fourth-order valence-electron chi connectivity index (χ4n) is 3.55. The van der Waals surface area contributed by atoms with Gasteiger partial charge in [-0.3, -0.25) is 4.79 Å². The summed E-state index contributed by atoms with van der Waals surface area (Å²) >= 11 is 6.61. The Balaban J connectivity index is 1.64. The van der Waals surface area contributed by atoms with Gasteiger partial charge in [0, 0.05) is 35.9 Å². The first-order chi connectivity index (χ1) is 13.7. The molecule has 0 aliphatic carbocycles. The summed E-state index contributed by atoms with van der Waals surface area (Å²) in [6.45, 7) is 6.67. The van der Waals surface area contributed by atoms with E-state index in [0.29, 0.717) is 24.5 Å². The minimum Gasteiger partial charge on any atom is -0.462 e. The van der Waals surface area contributed by atoms with Crippen molar-refractivity contribution in [1.29, 1.82) is 0 Å². The SMILES string of the molecule is CC(C)(OC(=O)CCCCCOC(=O)c1cc(I)cc(I)c1I)C1CC[NH2+]CC1. The number of nitrogens with two attached hydrogens (primary N) is 1. The van der Waals surface area contributed by atoms with Gasteiger partial charge >= 0.3 is 11.9 Å². The maximum Gasteiger partial charge on any atom is 0.339 e. The molecule has 1 aromatic carbocycles. The van der Waals surface area contributed by atoms with Crippen LogP contribution in [0.15, 0.2) is 12.1 Å². The van der Waals surface area contributed by atoms with Crippen molar-refractivity contribution in [2.24, 2.45) is 5.92 Å². The minimum absolute atomic E-state index is 0.121. The van der Waals surface area contributed by atoms with Gasteiger partial charge in [-0.25, -0.2) is 4.79 Å². The van der Waals surface area contributed by atoms with Crippen LogP contribution in [0.4, 0.5) is 0 Å². The third-order valence-corrected chi connectivity index (χ3v) is 8.94. The maximum absolute atomic E-state index is 12.3. The molecule has 1 heterocycles. The molecular formula is C21H29I3NO4+. The number of quaternary nitrogens is 1. The fraction of sp³-hybridized carbons (Fsp3) is 0.619. The smallest absolute Gasteiger partial charge is 0.339 e. The zero-order chi connectivity index (χ0) is 21.4. The summed E-state index contributed by atoms with van der Waals surface area (Å²) in [4.78, 5) is 24.5. The van der Waals surface area contributed by atoms with Gasteiger partial charge in [0.2, 0.25) is 0 Å². The van der Waals surface area contributed by atoms with Crippen LogP contribution in [-0.4, -0.2) is 37.2 Å². The molecule has 2 N–H and O–H groups in total. The van der Waals surface area contributed by atoms with E-state index in [0.717, 1.165) is 55.9 Å². The van der Waals surface area contributed by atoms with Crippen LogP contribution in [0.2, 0.25) is 0 Å². The highest BCUT2D eigenvalue weighted by atomic mass is 127. The molecule has 0 unspecified atom stereocenters. The van der Waals surface area contributed by atoms with E-state index >= 15 is 0 Å². The standard InChI is InChI=1S/C21H28I3NO4/c1-21(2,14-7-9-25-10-8-14)29-18(26)6-4-3-5-11-28-20(27)16-12-15(22)13-17(23)19(16)24/h12-14,25H,3-11H2,1-2H3/p+1. The van der Waals surface area contributed by atoms with E-state index in [-0.39, 0.29) is 17.5 Å². The predicted octanol–water partition coefficient (Wildman–Crippen LogP) is 4.51. The predicted molar refractivity (Wildman–Crippen MR) is 138 cm³/mol. The van der Waals surface area contributed by atoms with Gasteiger partial charge in [-0.1, -0.05) is 0 Å². The second kappa shape index (κ2) is 12.4. The molecule has 0 bridgehead atoms. The number of unbranched alkanes of at least 4 members (excludes halogenated alkanes) is 2. The third-order valence-electron chi connectivity index (χ3n) is 5.27. The molecule has 29 heavy (non-hydrogen) atoms. The Kier molecular flexibility index (Phi) is 10.9. The van der Waals surface area contributed by atoms with Gasteiger partial charge in [0.1, 0.15) is 5.60 Å². The Hall–Kier alpha value is 0.310. The zero-order valence-electron chi connectivity index (χ0n) is 16.9. The van der Waals surface area contributed by atoms with Crippen LogP contribution in [-0.2, 0) is 14.3 Å². The Bertz CT molecular complexity index is 718. The average Bonchev–Trinajstić information content (AvgIpc) is 2.67. The van der Waals surface area contributed by atoms with Gasteiger partial charge in [0.15, 0.2) is 0 Å². The van der Waals surface area contributed by atoms with E-state index in [1.165, 1.54) is 0 Å². The van der Waals surface area contributed by atoms with Crippen LogP contribution < -0.4 is 5.32 Å². The van der Waals surface area contributed by atoms with Crippen molar-refractivity contribution in [1.82, 2.24) is 0 Å². The fourth-order valence-corrected chi connectivity index (χ4v) is 5.92. The molecule has 2 rings (SSSR count). The molecule has 162 valence electrons. The normalized spacial score (nSPS) is 15.2. The molecule has 0 radical (unpaired) electrons. The van der Waals surface area contributed by atoms with Gasteiger partial charge in [-0.2, -0.15) is 0 Å². The van der Waals surface area contributed by atoms with E-state index < -0.39 is 0 Å². The molecule has 1 aliphatic rings. The van der Waals surface area contributed by atoms with Gasteiger partial charge in [-0.15, -0.1) is 0 Å². The van der Waals surface area contributed by atoms with Crippen LogP contribution in [0.5, 0.6) is 0 Å². The number of rotatable bonds is 9. The van der Waals surface area contributed by atoms with Gasteiger partial charge in [0.25, 0.3) is 0 Å². The first kappa shape index (κ1) is 25.6. The lowest BCUT2D eigenvalue weighted by atomic mass is 9.83. The summed E-state index contributed by atoms with van der Waals surface area (Å²) in [6, 6.07) is 3.89. The number of esters is 2. The highest BCUT2D eigenvalue weighted by Gasteiger charge is 2.35. The van der Waals surface area contributed by atoms with Gasteiger partial charge in [0.05, 0.1) is 25.3 Å². The van der Waals surface area contributed by atoms with Crippen LogP contribution in [0.3, 0.4) is 0 Å². The highest BCUT2D eigenvalue weighted by Crippen LogP contribution is 2.28. The van der Waals surface area contributed by atoms with Crippen molar-refractivity contribution >= 4 is 79.7 Å². The second-order valence-electron chi connectivity index (χ2n) is 7.91. The van der Waals surface area contributed by atoms with Crippen molar-refractivity contribution in [3.63, 3.8) is 0 Å². The van der Waals surface area contributed by atoms with Crippen molar-refractivity contribution in [2.45, 2.75) is 58.0 Å². The van der Waals surface area contributed by atoms with Crippen molar-refractivity contribution < 1.29 is 24.4 Å². The number of carbonyl (C=O) groups is 2. The van der Waals surface area contributed by atoms with Crippen molar-refractivity contribution in [3.8, 4) is 0 Å². The molecule has 0 aromatic heterocycles. The molecule has 1 aromatic rings. The van der Waals surface area contributed by atoms with E-state index in [2.05, 4.69) is 73.1 Å². The summed E-state index contributed by atoms with van der Waals surface area (Å²) in [7, 11) is 0. The molecular weight excluding hydrogens is 711 g/mol. The molecule has 8 heteroatoms. The minimum atomic E-state index is -0.386. The highest BCUT2D eigenvalue weighted by molar-refractivity contribution is 14.1. The Morgan fingerprint density at radius 1 is 1.10 bits per heavy atom. The molecule has 0 amide bonds. The molecule has 0 atom stereocenters. The maximum atomic E-state index is 12.3. The number of ether oxygens (including phenoxy) is 2. The average molecular weight is 740 g/mol. The molecule has 5 nitrogen and oxygen atoms in total. The number of hydrogen-bond donors (Lipinski definition) is 1. The number of carbonyl (C=O) groups excluding carboxylic acids is 2. The van der Waals surface area contributed by atoms with Crippen molar-refractivity contribution in [3.05, 3.63) is 28.4 Å². The zero-order valence-corrected chi connectivity index (χ0v) is 23.4. The molecule has 1 aliphatic heterocycles. The van der Waals surface area contributed by atoms with Crippen LogP contribution in [0.25, 0.3) is 0 Å². The summed E-state index contributed by atoms with van der Waals surface area (Å²) in [5.41, 5.74) is 0.232. The summed E-state index contributed by atoms with van der Waals surface area (Å²) in [5.74, 6) is 0.0454. The second-order valence-corrected chi connectivity index (χ2v) is 11.4. The molecule has 1 fully saturated rings. The molecule has 1 saturated heterocycles. The lowest BCUT2D eigenvalue weighted by Crippen LogP contribution is -2.86. The van der Waals surface area contributed by atoms with Gasteiger partial charge in [-0.05, 0) is 113 Å². The Morgan fingerprint density at radius 3 is 2.48 bits per heavy atom. The summed E-state index contributed by atoms with van der Waals surface area (Å²) in [6.07, 6.45) is 4.96. The lowest BCUT2D eigenvalue weighted by Gasteiger charge is -2.35. The van der Waals surface area contributed by atoms with Crippen LogP contribution in [0, 0.1) is 16.6 Å². The van der Waals surface area contributed by atoms with Gasteiger partial charge < -0.3 is 14.8 Å². The number of hydrogen-bond acceptors (Lipinski definition) is 4. The van der Waals surface area contributed by atoms with E-state index in [9.17, 15) is 9.59 Å². The quantitative estimate of drug-likeness (QED) is 0.175. The number of benzene rings is 1. The Labute approximate surface area is 214 Å².